The summed E-state index contributed by atoms with van der Waals surface area (Å²) in [6.07, 6.45) is 30.2. The molecule has 0 saturated heterocycles. The molecule has 1 unspecified atom stereocenters. The Kier molecular flexibility index (Phi) is 26.0. The first-order chi connectivity index (χ1) is 18.1. The van der Waals surface area contributed by atoms with Gasteiger partial charge in [0.15, 0.2) is 0 Å². The van der Waals surface area contributed by atoms with Crippen LogP contribution in [-0.2, 0) is 18.9 Å². The van der Waals surface area contributed by atoms with Gasteiger partial charge < -0.3 is 18.9 Å². The molecule has 224 valence electrons. The molecular weight excluding hydrogens is 460 g/mol. The first-order valence-corrected chi connectivity index (χ1v) is 16.4. The van der Waals surface area contributed by atoms with Gasteiger partial charge in [-0.25, -0.2) is 0 Å². The van der Waals surface area contributed by atoms with E-state index >= 15 is 0 Å². The minimum Gasteiger partial charge on any atom is -0.367 e. The summed E-state index contributed by atoms with van der Waals surface area (Å²) in [5, 5.41) is 0. The molecule has 0 saturated carbocycles. The SMILES string of the molecule is CCCCCCCCCCOC(CCCCCCCC)(CCCCCCCCCC)C(OC)(OC)OC. The minimum absolute atomic E-state index is 0.570. The highest BCUT2D eigenvalue weighted by atomic mass is 16.9. The van der Waals surface area contributed by atoms with Gasteiger partial charge in [-0.05, 0) is 19.3 Å². The lowest BCUT2D eigenvalue weighted by atomic mass is 9.86. The van der Waals surface area contributed by atoms with E-state index in [0.29, 0.717) is 0 Å². The molecule has 0 heterocycles. The van der Waals surface area contributed by atoms with Gasteiger partial charge in [0, 0.05) is 27.9 Å². The van der Waals surface area contributed by atoms with E-state index in [-0.39, 0.29) is 0 Å². The molecule has 0 aliphatic rings. The number of hydrogen-bond acceptors (Lipinski definition) is 4. The van der Waals surface area contributed by atoms with Crippen molar-refractivity contribution in [1.82, 2.24) is 0 Å². The quantitative estimate of drug-likeness (QED) is 0.0686. The second-order valence-electron chi connectivity index (χ2n) is 11.2. The van der Waals surface area contributed by atoms with Gasteiger partial charge in [-0.1, -0.05) is 156 Å². The Hall–Kier alpha value is -0.160. The van der Waals surface area contributed by atoms with Gasteiger partial charge in [0.2, 0.25) is 0 Å². The van der Waals surface area contributed by atoms with Crippen LogP contribution in [0.5, 0.6) is 0 Å². The summed E-state index contributed by atoms with van der Waals surface area (Å²) in [5.41, 5.74) is -0.570. The van der Waals surface area contributed by atoms with Gasteiger partial charge in [0.05, 0.1) is 0 Å². The first kappa shape index (κ1) is 36.8. The largest absolute Gasteiger partial charge is 0.367 e. The van der Waals surface area contributed by atoms with E-state index < -0.39 is 11.6 Å². The molecule has 0 rings (SSSR count). The van der Waals surface area contributed by atoms with Crippen molar-refractivity contribution in [3.8, 4) is 0 Å². The minimum atomic E-state index is -1.16. The highest BCUT2D eigenvalue weighted by molar-refractivity contribution is 4.91. The fourth-order valence-corrected chi connectivity index (χ4v) is 5.71. The van der Waals surface area contributed by atoms with Crippen LogP contribution in [-0.4, -0.2) is 39.5 Å². The summed E-state index contributed by atoms with van der Waals surface area (Å²) in [6.45, 7) is 7.59. The molecule has 0 aromatic carbocycles. The lowest BCUT2D eigenvalue weighted by molar-refractivity contribution is -0.429. The van der Waals surface area contributed by atoms with Crippen molar-refractivity contribution in [2.45, 2.75) is 186 Å². The molecule has 0 bridgehead atoms. The number of unbranched alkanes of at least 4 members (excludes halogenated alkanes) is 19. The molecular formula is C33H68O4. The van der Waals surface area contributed by atoms with Gasteiger partial charge in [-0.2, -0.15) is 0 Å². The summed E-state index contributed by atoms with van der Waals surface area (Å²) < 4.78 is 24.8. The smallest absolute Gasteiger partial charge is 0.313 e. The third kappa shape index (κ3) is 16.5. The second kappa shape index (κ2) is 26.1. The normalized spacial score (nSPS) is 13.8. The summed E-state index contributed by atoms with van der Waals surface area (Å²) in [6, 6.07) is 0. The number of rotatable bonds is 30. The summed E-state index contributed by atoms with van der Waals surface area (Å²) in [5.74, 6) is -1.16. The molecule has 0 aromatic rings. The van der Waals surface area contributed by atoms with Crippen molar-refractivity contribution in [3.05, 3.63) is 0 Å². The van der Waals surface area contributed by atoms with Crippen molar-refractivity contribution in [2.24, 2.45) is 0 Å². The van der Waals surface area contributed by atoms with Crippen molar-refractivity contribution in [1.29, 1.82) is 0 Å². The van der Waals surface area contributed by atoms with Crippen LogP contribution in [0.4, 0.5) is 0 Å². The maximum absolute atomic E-state index is 6.83. The van der Waals surface area contributed by atoms with E-state index in [1.807, 2.05) is 0 Å². The summed E-state index contributed by atoms with van der Waals surface area (Å²) in [4.78, 5) is 0. The fraction of sp³-hybridized carbons (Fsp3) is 1.00. The Morgan fingerprint density at radius 3 is 1.00 bits per heavy atom. The zero-order valence-corrected chi connectivity index (χ0v) is 26.3. The Morgan fingerprint density at radius 1 is 0.378 bits per heavy atom. The molecule has 0 radical (unpaired) electrons. The predicted molar refractivity (Wildman–Crippen MR) is 160 cm³/mol. The third-order valence-corrected chi connectivity index (χ3v) is 8.11. The van der Waals surface area contributed by atoms with Crippen LogP contribution in [0.2, 0.25) is 0 Å². The van der Waals surface area contributed by atoms with Crippen molar-refractivity contribution in [3.63, 3.8) is 0 Å². The number of methoxy groups -OCH3 is 3. The van der Waals surface area contributed by atoms with Crippen molar-refractivity contribution >= 4 is 0 Å². The van der Waals surface area contributed by atoms with E-state index in [0.717, 1.165) is 38.7 Å². The van der Waals surface area contributed by atoms with Crippen molar-refractivity contribution in [2.75, 3.05) is 27.9 Å². The van der Waals surface area contributed by atoms with Gasteiger partial charge in [0.25, 0.3) is 0 Å². The molecule has 0 fully saturated rings. The van der Waals surface area contributed by atoms with Gasteiger partial charge in [-0.3, -0.25) is 0 Å². The van der Waals surface area contributed by atoms with E-state index in [1.54, 1.807) is 21.3 Å². The zero-order chi connectivity index (χ0) is 27.5. The van der Waals surface area contributed by atoms with Gasteiger partial charge in [-0.15, -0.1) is 0 Å². The van der Waals surface area contributed by atoms with Crippen LogP contribution in [0.3, 0.4) is 0 Å². The fourth-order valence-electron chi connectivity index (χ4n) is 5.71. The molecule has 0 aliphatic carbocycles. The molecule has 0 aromatic heterocycles. The Morgan fingerprint density at radius 2 is 0.676 bits per heavy atom. The molecule has 37 heavy (non-hydrogen) atoms. The maximum Gasteiger partial charge on any atom is 0.313 e. The maximum atomic E-state index is 6.83. The van der Waals surface area contributed by atoms with Crippen LogP contribution in [0.1, 0.15) is 175 Å². The Bertz CT molecular complexity index is 443. The average molecular weight is 529 g/mol. The van der Waals surface area contributed by atoms with Crippen LogP contribution in [0, 0.1) is 0 Å². The van der Waals surface area contributed by atoms with Crippen molar-refractivity contribution < 1.29 is 18.9 Å². The lowest BCUT2D eigenvalue weighted by Crippen LogP contribution is -2.60. The van der Waals surface area contributed by atoms with E-state index in [2.05, 4.69) is 20.8 Å². The van der Waals surface area contributed by atoms with Crippen LogP contribution in [0.15, 0.2) is 0 Å². The molecule has 4 nitrogen and oxygen atoms in total. The average Bonchev–Trinajstić information content (AvgIpc) is 2.92. The van der Waals surface area contributed by atoms with E-state index in [9.17, 15) is 0 Å². The van der Waals surface area contributed by atoms with Crippen LogP contribution in [0.25, 0.3) is 0 Å². The number of ether oxygens (including phenoxy) is 4. The molecule has 0 N–H and O–H groups in total. The predicted octanol–water partition coefficient (Wildman–Crippen LogP) is 10.8. The molecule has 1 atom stereocenters. The van der Waals surface area contributed by atoms with E-state index in [1.165, 1.54) is 122 Å². The second-order valence-corrected chi connectivity index (χ2v) is 11.2. The Balaban J connectivity index is 5.08. The standard InChI is InChI=1S/C33H68O4/c1-7-10-13-16-19-21-24-27-30-32(33(34-4,35-5)36-6,29-26-23-18-15-12-9-3)37-31-28-25-22-20-17-14-11-8-2/h7-31H2,1-6H3. The highest BCUT2D eigenvalue weighted by Gasteiger charge is 2.54. The zero-order valence-electron chi connectivity index (χ0n) is 26.3. The topological polar surface area (TPSA) is 36.9 Å². The lowest BCUT2D eigenvalue weighted by Gasteiger charge is -2.47. The van der Waals surface area contributed by atoms with Crippen LogP contribution >= 0.6 is 0 Å². The van der Waals surface area contributed by atoms with Gasteiger partial charge in [0.1, 0.15) is 5.60 Å². The molecule has 0 amide bonds. The third-order valence-electron chi connectivity index (χ3n) is 8.11. The first-order valence-electron chi connectivity index (χ1n) is 16.4. The molecule has 0 aliphatic heterocycles. The monoisotopic (exact) mass is 529 g/mol. The molecule has 4 heteroatoms. The highest BCUT2D eigenvalue weighted by Crippen LogP contribution is 2.41. The molecule has 0 spiro atoms. The van der Waals surface area contributed by atoms with Crippen LogP contribution < -0.4 is 0 Å². The summed E-state index contributed by atoms with van der Waals surface area (Å²) in [7, 11) is 5.11. The summed E-state index contributed by atoms with van der Waals surface area (Å²) >= 11 is 0. The van der Waals surface area contributed by atoms with Gasteiger partial charge >= 0.3 is 5.97 Å². The Labute approximate surface area is 233 Å². The van der Waals surface area contributed by atoms with E-state index in [4.69, 9.17) is 18.9 Å². The number of hydrogen-bond donors (Lipinski definition) is 0.